The summed E-state index contributed by atoms with van der Waals surface area (Å²) in [4.78, 5) is 9.06. The van der Waals surface area contributed by atoms with E-state index >= 15 is 0 Å². The van der Waals surface area contributed by atoms with Crippen molar-refractivity contribution in [3.8, 4) is 22.4 Å². The van der Waals surface area contributed by atoms with E-state index in [2.05, 4.69) is 22.1 Å². The second-order valence-electron chi connectivity index (χ2n) is 4.92. The second kappa shape index (κ2) is 4.86. The molecule has 0 bridgehead atoms. The molecular weight excluding hydrogens is 294 g/mol. The molecule has 1 N–H and O–H groups in total. The summed E-state index contributed by atoms with van der Waals surface area (Å²) in [6.07, 6.45) is 0. The first-order valence-corrected chi connectivity index (χ1v) is 7.57. The van der Waals surface area contributed by atoms with Crippen LogP contribution in [0, 0.1) is 11.3 Å². The number of fused-ring (bicyclic) bond motifs is 3. The van der Waals surface area contributed by atoms with Crippen LogP contribution in [0.1, 0.15) is 5.56 Å². The van der Waals surface area contributed by atoms with Gasteiger partial charge in [0, 0.05) is 10.9 Å². The van der Waals surface area contributed by atoms with Gasteiger partial charge in [0.15, 0.2) is 0 Å². The summed E-state index contributed by atoms with van der Waals surface area (Å²) >= 11 is 1.69. The maximum absolute atomic E-state index is 8.88. The van der Waals surface area contributed by atoms with Gasteiger partial charge < -0.3 is 9.72 Å². The average Bonchev–Trinajstić information content (AvgIpc) is 3.12. The molecule has 106 valence electrons. The summed E-state index contributed by atoms with van der Waals surface area (Å²) in [5.74, 6) is 0.613. The van der Waals surface area contributed by atoms with E-state index < -0.39 is 0 Å². The SMILES string of the molecule is COc1ccc2[nH]c3cc(-c4ccc(C#N)cc4)sc3c2n1. The Morgan fingerprint density at radius 3 is 2.68 bits per heavy atom. The minimum absolute atomic E-state index is 0.613. The Morgan fingerprint density at radius 2 is 1.95 bits per heavy atom. The van der Waals surface area contributed by atoms with Gasteiger partial charge in [-0.3, -0.25) is 0 Å². The molecule has 0 aliphatic rings. The molecule has 0 saturated carbocycles. The Hall–Kier alpha value is -2.84. The zero-order chi connectivity index (χ0) is 15.1. The fraction of sp³-hybridized carbons (Fsp3) is 0.0588. The molecule has 1 aromatic carbocycles. The number of rotatable bonds is 2. The van der Waals surface area contributed by atoms with Gasteiger partial charge >= 0.3 is 0 Å². The number of hydrogen-bond donors (Lipinski definition) is 1. The molecule has 0 spiro atoms. The summed E-state index contributed by atoms with van der Waals surface area (Å²) in [6.45, 7) is 0. The highest BCUT2D eigenvalue weighted by molar-refractivity contribution is 7.23. The van der Waals surface area contributed by atoms with Crippen LogP contribution in [0.5, 0.6) is 5.88 Å². The van der Waals surface area contributed by atoms with Gasteiger partial charge in [-0.25, -0.2) is 4.98 Å². The number of aromatic nitrogens is 2. The summed E-state index contributed by atoms with van der Waals surface area (Å²) in [5, 5.41) is 8.88. The third-order valence-electron chi connectivity index (χ3n) is 3.59. The van der Waals surface area contributed by atoms with Crippen molar-refractivity contribution in [3.05, 3.63) is 48.0 Å². The second-order valence-corrected chi connectivity index (χ2v) is 5.97. The number of aromatic amines is 1. The zero-order valence-electron chi connectivity index (χ0n) is 11.8. The molecular formula is C17H11N3OS. The topological polar surface area (TPSA) is 61.7 Å². The van der Waals surface area contributed by atoms with E-state index in [9.17, 15) is 0 Å². The third kappa shape index (κ3) is 1.93. The monoisotopic (exact) mass is 305 g/mol. The van der Waals surface area contributed by atoms with Crippen LogP contribution >= 0.6 is 11.3 Å². The number of thiophene rings is 1. The highest BCUT2D eigenvalue weighted by Crippen LogP contribution is 2.37. The van der Waals surface area contributed by atoms with Gasteiger partial charge in [0.1, 0.15) is 5.52 Å². The van der Waals surface area contributed by atoms with Crippen molar-refractivity contribution in [2.24, 2.45) is 0 Å². The van der Waals surface area contributed by atoms with Gasteiger partial charge in [-0.2, -0.15) is 5.26 Å². The number of nitrogens with one attached hydrogen (secondary N) is 1. The summed E-state index contributed by atoms with van der Waals surface area (Å²) < 4.78 is 6.33. The predicted octanol–water partition coefficient (Wildman–Crippen LogP) is 4.32. The lowest BCUT2D eigenvalue weighted by atomic mass is 10.1. The fourth-order valence-electron chi connectivity index (χ4n) is 2.49. The number of benzene rings is 1. The maximum atomic E-state index is 8.88. The predicted molar refractivity (Wildman–Crippen MR) is 88.2 cm³/mol. The standard InChI is InChI=1S/C17H11N3OS/c1-21-15-7-6-12-16(20-15)17-13(19-12)8-14(22-17)11-4-2-10(9-18)3-5-11/h2-8,19H,1H3. The van der Waals surface area contributed by atoms with Gasteiger partial charge in [-0.05, 0) is 29.8 Å². The first kappa shape index (κ1) is 12.9. The van der Waals surface area contributed by atoms with E-state index in [1.165, 1.54) is 0 Å². The molecule has 0 fully saturated rings. The number of methoxy groups -OCH3 is 1. The van der Waals surface area contributed by atoms with Crippen LogP contribution in [0.15, 0.2) is 42.5 Å². The first-order valence-electron chi connectivity index (χ1n) is 6.75. The minimum Gasteiger partial charge on any atom is -0.481 e. The van der Waals surface area contributed by atoms with E-state index in [1.807, 2.05) is 36.4 Å². The van der Waals surface area contributed by atoms with Crippen molar-refractivity contribution in [1.82, 2.24) is 9.97 Å². The number of H-pyrrole nitrogens is 1. The molecule has 0 atom stereocenters. The Labute approximate surface area is 130 Å². The fourth-order valence-corrected chi connectivity index (χ4v) is 3.61. The molecule has 3 heterocycles. The van der Waals surface area contributed by atoms with Crippen LogP contribution in [0.25, 0.3) is 31.7 Å². The minimum atomic E-state index is 0.613. The Morgan fingerprint density at radius 1 is 1.14 bits per heavy atom. The van der Waals surface area contributed by atoms with Crippen molar-refractivity contribution in [1.29, 1.82) is 5.26 Å². The van der Waals surface area contributed by atoms with Gasteiger partial charge in [-0.15, -0.1) is 11.3 Å². The van der Waals surface area contributed by atoms with E-state index in [0.29, 0.717) is 11.4 Å². The lowest BCUT2D eigenvalue weighted by molar-refractivity contribution is 0.399. The largest absolute Gasteiger partial charge is 0.481 e. The van der Waals surface area contributed by atoms with E-state index in [-0.39, 0.29) is 0 Å². The lowest BCUT2D eigenvalue weighted by Crippen LogP contribution is -1.85. The molecule has 0 amide bonds. The quantitative estimate of drug-likeness (QED) is 0.599. The molecule has 0 unspecified atom stereocenters. The molecule has 4 rings (SSSR count). The molecule has 3 aromatic heterocycles. The van der Waals surface area contributed by atoms with E-state index in [4.69, 9.17) is 10.00 Å². The molecule has 0 aliphatic heterocycles. The number of ether oxygens (including phenoxy) is 1. The van der Waals surface area contributed by atoms with Crippen LogP contribution in [-0.2, 0) is 0 Å². The molecule has 4 aromatic rings. The van der Waals surface area contributed by atoms with Gasteiger partial charge in [0.25, 0.3) is 0 Å². The van der Waals surface area contributed by atoms with Gasteiger partial charge in [0.05, 0.1) is 34.5 Å². The van der Waals surface area contributed by atoms with Crippen LogP contribution in [0.2, 0.25) is 0 Å². The number of nitriles is 1. The Bertz CT molecular complexity index is 1020. The van der Waals surface area contributed by atoms with Crippen LogP contribution in [0.3, 0.4) is 0 Å². The molecule has 5 heteroatoms. The average molecular weight is 305 g/mol. The van der Waals surface area contributed by atoms with Crippen molar-refractivity contribution in [3.63, 3.8) is 0 Å². The zero-order valence-corrected chi connectivity index (χ0v) is 12.6. The highest BCUT2D eigenvalue weighted by atomic mass is 32.1. The van der Waals surface area contributed by atoms with Crippen LogP contribution in [0.4, 0.5) is 0 Å². The molecule has 0 saturated heterocycles. The Kier molecular flexibility index (Phi) is 2.84. The van der Waals surface area contributed by atoms with Crippen LogP contribution in [-0.4, -0.2) is 17.1 Å². The molecule has 4 nitrogen and oxygen atoms in total. The van der Waals surface area contributed by atoms with Crippen molar-refractivity contribution in [2.75, 3.05) is 7.11 Å². The van der Waals surface area contributed by atoms with E-state index in [1.54, 1.807) is 18.4 Å². The maximum Gasteiger partial charge on any atom is 0.213 e. The van der Waals surface area contributed by atoms with Crippen molar-refractivity contribution >= 4 is 32.6 Å². The number of nitrogens with zero attached hydrogens (tertiary/aromatic N) is 2. The number of pyridine rings is 1. The first-order chi connectivity index (χ1) is 10.8. The third-order valence-corrected chi connectivity index (χ3v) is 4.78. The summed E-state index contributed by atoms with van der Waals surface area (Å²) in [7, 11) is 1.62. The number of hydrogen-bond acceptors (Lipinski definition) is 4. The lowest BCUT2D eigenvalue weighted by Gasteiger charge is -1.98. The molecule has 0 aliphatic carbocycles. The van der Waals surface area contributed by atoms with E-state index in [0.717, 1.165) is 31.7 Å². The Balaban J connectivity index is 1.87. The van der Waals surface area contributed by atoms with Crippen molar-refractivity contribution < 1.29 is 4.74 Å². The van der Waals surface area contributed by atoms with Gasteiger partial charge in [-0.1, -0.05) is 12.1 Å². The molecule has 22 heavy (non-hydrogen) atoms. The smallest absolute Gasteiger partial charge is 0.213 e. The molecule has 0 radical (unpaired) electrons. The summed E-state index contributed by atoms with van der Waals surface area (Å²) in [5.41, 5.74) is 4.78. The highest BCUT2D eigenvalue weighted by Gasteiger charge is 2.12. The summed E-state index contributed by atoms with van der Waals surface area (Å²) in [6, 6.07) is 15.7. The van der Waals surface area contributed by atoms with Crippen LogP contribution < -0.4 is 4.74 Å². The van der Waals surface area contributed by atoms with Crippen molar-refractivity contribution in [2.45, 2.75) is 0 Å². The normalized spacial score (nSPS) is 10.9. The van der Waals surface area contributed by atoms with Gasteiger partial charge in [0.2, 0.25) is 5.88 Å².